The van der Waals surface area contributed by atoms with Gasteiger partial charge in [0, 0.05) is 70.4 Å². The van der Waals surface area contributed by atoms with Gasteiger partial charge in [0.25, 0.3) is 0 Å². The van der Waals surface area contributed by atoms with Gasteiger partial charge in [-0.15, -0.1) is 0 Å². The summed E-state index contributed by atoms with van der Waals surface area (Å²) in [5, 5.41) is 12.4. The number of hydrogen-bond acceptors (Lipinski definition) is 8. The van der Waals surface area contributed by atoms with Crippen molar-refractivity contribution in [1.29, 1.82) is 5.26 Å². The van der Waals surface area contributed by atoms with E-state index in [1.54, 1.807) is 6.20 Å². The lowest BCUT2D eigenvalue weighted by molar-refractivity contribution is 0.320. The number of piperazine rings is 2. The van der Waals surface area contributed by atoms with Gasteiger partial charge >= 0.3 is 0 Å². The molecule has 0 radical (unpaired) electrons. The largest absolute Gasteiger partial charge is 0.389 e. The van der Waals surface area contributed by atoms with Gasteiger partial charge in [-0.1, -0.05) is 24.4 Å². The second-order valence-corrected chi connectivity index (χ2v) is 7.96. The number of aromatic nitrogens is 2. The SMILES string of the molecule is C/C(=C(\C#N)C(N)=S)N1CCN(c2ccccn2)CC1.c1ccc(N2CCNCC2)nc1. The van der Waals surface area contributed by atoms with Crippen LogP contribution in [-0.2, 0) is 0 Å². The van der Waals surface area contributed by atoms with E-state index in [4.69, 9.17) is 23.2 Å². The molecule has 9 heteroatoms. The van der Waals surface area contributed by atoms with E-state index in [2.05, 4.69) is 42.1 Å². The number of allylic oxidation sites excluding steroid dienone is 1. The Balaban J connectivity index is 0.000000204. The zero-order valence-electron chi connectivity index (χ0n) is 18.4. The third-order valence-corrected chi connectivity index (χ3v) is 5.74. The van der Waals surface area contributed by atoms with Crippen molar-refractivity contribution in [3.05, 3.63) is 60.1 Å². The van der Waals surface area contributed by atoms with Crippen LogP contribution in [0, 0.1) is 11.3 Å². The van der Waals surface area contributed by atoms with Gasteiger partial charge in [0.15, 0.2) is 0 Å². The molecule has 4 rings (SSSR count). The molecule has 8 nitrogen and oxygen atoms in total. The zero-order chi connectivity index (χ0) is 22.8. The Labute approximate surface area is 195 Å². The lowest BCUT2D eigenvalue weighted by Gasteiger charge is -2.37. The third kappa shape index (κ3) is 6.39. The quantitative estimate of drug-likeness (QED) is 0.410. The number of thiocarbonyl (C=S) groups is 1. The summed E-state index contributed by atoms with van der Waals surface area (Å²) in [6.45, 7) is 9.55. The lowest BCUT2D eigenvalue weighted by atomic mass is 10.2. The number of nitrogens with one attached hydrogen (secondary N) is 1. The van der Waals surface area contributed by atoms with Crippen LogP contribution >= 0.6 is 12.2 Å². The van der Waals surface area contributed by atoms with Crippen molar-refractivity contribution in [2.75, 3.05) is 62.2 Å². The van der Waals surface area contributed by atoms with Crippen LogP contribution < -0.4 is 20.9 Å². The molecule has 2 fully saturated rings. The van der Waals surface area contributed by atoms with Gasteiger partial charge < -0.3 is 25.8 Å². The molecule has 0 bridgehead atoms. The smallest absolute Gasteiger partial charge is 0.128 e. The maximum atomic E-state index is 9.11. The van der Waals surface area contributed by atoms with E-state index in [1.807, 2.05) is 43.5 Å². The number of nitrogens with two attached hydrogens (primary N) is 1. The number of nitrogens with zero attached hydrogens (tertiary/aromatic N) is 6. The second kappa shape index (κ2) is 12.0. The molecule has 32 heavy (non-hydrogen) atoms. The summed E-state index contributed by atoms with van der Waals surface area (Å²) in [4.78, 5) is 15.5. The van der Waals surface area contributed by atoms with E-state index < -0.39 is 0 Å². The second-order valence-electron chi connectivity index (χ2n) is 7.52. The highest BCUT2D eigenvalue weighted by atomic mass is 32.1. The maximum Gasteiger partial charge on any atom is 0.128 e. The molecule has 0 aliphatic carbocycles. The number of hydrogen-bond donors (Lipinski definition) is 2. The highest BCUT2D eigenvalue weighted by molar-refractivity contribution is 7.80. The van der Waals surface area contributed by atoms with Crippen LogP contribution in [0.5, 0.6) is 0 Å². The van der Waals surface area contributed by atoms with E-state index >= 15 is 0 Å². The number of pyridine rings is 2. The summed E-state index contributed by atoms with van der Waals surface area (Å²) in [5.41, 5.74) is 6.85. The standard InChI is InChI=1S/C14H17N5S.C9H13N3/c1-11(12(10-15)14(16)20)18-6-8-19(9-7-18)13-4-2-3-5-17-13;1-2-4-11-9(3-1)12-7-5-10-6-8-12/h2-5H,6-9H2,1H3,(H2,16,20);1-4,10H,5-8H2/b12-11-;. The Hall–Kier alpha value is -3.22. The van der Waals surface area contributed by atoms with Crippen molar-refractivity contribution in [2.24, 2.45) is 5.73 Å². The van der Waals surface area contributed by atoms with Crippen molar-refractivity contribution in [2.45, 2.75) is 6.92 Å². The molecule has 2 saturated heterocycles. The van der Waals surface area contributed by atoms with Crippen molar-refractivity contribution < 1.29 is 0 Å². The van der Waals surface area contributed by atoms with Crippen LogP contribution in [0.2, 0.25) is 0 Å². The first-order valence-corrected chi connectivity index (χ1v) is 11.2. The minimum absolute atomic E-state index is 0.164. The molecular formula is C23H30N8S. The van der Waals surface area contributed by atoms with Crippen LogP contribution in [0.15, 0.2) is 60.1 Å². The van der Waals surface area contributed by atoms with Gasteiger partial charge in [0.1, 0.15) is 28.3 Å². The summed E-state index contributed by atoms with van der Waals surface area (Å²) in [7, 11) is 0. The van der Waals surface area contributed by atoms with Gasteiger partial charge in [-0.3, -0.25) is 0 Å². The monoisotopic (exact) mass is 450 g/mol. The van der Waals surface area contributed by atoms with Crippen molar-refractivity contribution in [3.63, 3.8) is 0 Å². The van der Waals surface area contributed by atoms with Gasteiger partial charge in [-0.05, 0) is 31.2 Å². The first-order chi connectivity index (χ1) is 15.6. The summed E-state index contributed by atoms with van der Waals surface area (Å²) in [5.74, 6) is 2.09. The molecule has 0 spiro atoms. The van der Waals surface area contributed by atoms with Crippen LogP contribution in [0.1, 0.15) is 6.92 Å². The first kappa shape index (κ1) is 23.4. The molecule has 0 unspecified atom stereocenters. The summed E-state index contributed by atoms with van der Waals surface area (Å²) in [6.07, 6.45) is 3.64. The zero-order valence-corrected chi connectivity index (χ0v) is 19.3. The fraction of sp³-hybridized carbons (Fsp3) is 0.391. The normalized spacial score (nSPS) is 16.9. The Morgan fingerprint density at radius 1 is 0.938 bits per heavy atom. The van der Waals surface area contributed by atoms with Crippen LogP contribution in [0.4, 0.5) is 11.6 Å². The first-order valence-electron chi connectivity index (χ1n) is 10.8. The molecule has 168 valence electrons. The Morgan fingerprint density at radius 2 is 1.47 bits per heavy atom. The van der Waals surface area contributed by atoms with Gasteiger partial charge in [-0.25, -0.2) is 9.97 Å². The minimum atomic E-state index is 0.164. The molecule has 0 amide bonds. The highest BCUT2D eigenvalue weighted by Crippen LogP contribution is 2.17. The average molecular weight is 451 g/mol. The molecule has 2 aromatic heterocycles. The average Bonchev–Trinajstić information content (AvgIpc) is 2.86. The van der Waals surface area contributed by atoms with Gasteiger partial charge in [0.05, 0.1) is 0 Å². The Bertz CT molecular complexity index is 927. The lowest BCUT2D eigenvalue weighted by Crippen LogP contribution is -2.46. The summed E-state index contributed by atoms with van der Waals surface area (Å²) < 4.78 is 0. The van der Waals surface area contributed by atoms with Gasteiger partial charge in [-0.2, -0.15) is 5.26 Å². The molecule has 0 saturated carbocycles. The van der Waals surface area contributed by atoms with Crippen molar-refractivity contribution in [3.8, 4) is 6.07 Å². The molecule has 2 aromatic rings. The predicted molar refractivity (Wildman–Crippen MR) is 132 cm³/mol. The van der Waals surface area contributed by atoms with Crippen LogP contribution in [0.3, 0.4) is 0 Å². The topological polar surface area (TPSA) is 97.3 Å². The fourth-order valence-corrected chi connectivity index (χ4v) is 3.91. The summed E-state index contributed by atoms with van der Waals surface area (Å²) >= 11 is 4.91. The molecule has 0 atom stereocenters. The molecule has 4 heterocycles. The number of anilines is 2. The molecule has 2 aliphatic rings. The number of rotatable bonds is 4. The van der Waals surface area contributed by atoms with Gasteiger partial charge in [0.2, 0.25) is 0 Å². The molecule has 2 aliphatic heterocycles. The molecule has 3 N–H and O–H groups in total. The maximum absolute atomic E-state index is 9.11. The molecule has 0 aromatic carbocycles. The van der Waals surface area contributed by atoms with E-state index in [0.717, 1.165) is 69.7 Å². The van der Waals surface area contributed by atoms with E-state index in [1.165, 1.54) is 0 Å². The van der Waals surface area contributed by atoms with E-state index in [9.17, 15) is 0 Å². The van der Waals surface area contributed by atoms with E-state index in [0.29, 0.717) is 5.57 Å². The Morgan fingerprint density at radius 3 is 1.91 bits per heavy atom. The highest BCUT2D eigenvalue weighted by Gasteiger charge is 2.20. The van der Waals surface area contributed by atoms with E-state index in [-0.39, 0.29) is 4.99 Å². The predicted octanol–water partition coefficient (Wildman–Crippen LogP) is 1.78. The Kier molecular flexibility index (Phi) is 8.78. The fourth-order valence-electron chi connectivity index (χ4n) is 3.72. The number of nitriles is 1. The van der Waals surface area contributed by atoms with Crippen molar-refractivity contribution in [1.82, 2.24) is 20.2 Å². The molecular weight excluding hydrogens is 420 g/mol. The van der Waals surface area contributed by atoms with Crippen molar-refractivity contribution >= 4 is 28.8 Å². The minimum Gasteiger partial charge on any atom is -0.389 e. The third-order valence-electron chi connectivity index (χ3n) is 5.54. The van der Waals surface area contributed by atoms with Crippen LogP contribution in [0.25, 0.3) is 0 Å². The summed E-state index contributed by atoms with van der Waals surface area (Å²) in [6, 6.07) is 14.0. The van der Waals surface area contributed by atoms with Crippen LogP contribution in [-0.4, -0.2) is 72.2 Å².